The van der Waals surface area contributed by atoms with Gasteiger partial charge in [0.2, 0.25) is 5.91 Å². The number of hydrogen-bond acceptors (Lipinski definition) is 18. The quantitative estimate of drug-likeness (QED) is 0.0331. The molecule has 3 unspecified atom stereocenters. The number of aromatic nitrogens is 4. The number of rotatable bonds is 22. The Morgan fingerprint density at radius 1 is 0.545 bits per heavy atom. The number of benzene rings is 3. The molecule has 7 fully saturated rings. The second-order valence-electron chi connectivity index (χ2n) is 28.0. The van der Waals surface area contributed by atoms with Crippen LogP contribution in [0.25, 0.3) is 0 Å². The minimum atomic E-state index is -0.739. The highest BCUT2D eigenvalue weighted by Crippen LogP contribution is 2.43. The van der Waals surface area contributed by atoms with Gasteiger partial charge < -0.3 is 65.6 Å². The highest BCUT2D eigenvalue weighted by Gasteiger charge is 2.38. The number of likely N-dealkylation sites (tertiary alicyclic amines) is 1. The average Bonchev–Trinajstić information content (AvgIpc) is 1.77. The van der Waals surface area contributed by atoms with Crippen LogP contribution in [0.4, 0.5) is 0 Å². The van der Waals surface area contributed by atoms with Gasteiger partial charge >= 0.3 is 0 Å². The highest BCUT2D eigenvalue weighted by atomic mass is 16.5. The van der Waals surface area contributed by atoms with Crippen LogP contribution in [0.1, 0.15) is 247 Å². The lowest BCUT2D eigenvalue weighted by Gasteiger charge is -2.36. The molecule has 5 aliphatic carbocycles. The van der Waals surface area contributed by atoms with Gasteiger partial charge in [0, 0.05) is 93.8 Å². The van der Waals surface area contributed by atoms with Crippen LogP contribution in [0.5, 0.6) is 0 Å². The molecule has 0 radical (unpaired) electrons. The molecule has 7 aromatic rings. The molecule has 5 saturated carbocycles. The van der Waals surface area contributed by atoms with E-state index >= 15 is 0 Å². The van der Waals surface area contributed by atoms with Crippen LogP contribution in [0, 0.1) is 17.8 Å². The largest absolute Gasteiger partial charge is 0.388 e. The number of piperidine rings is 1. The zero-order valence-electron chi connectivity index (χ0n) is 57.0. The number of Topliss-reactive ketones (excluding diaryl/α,β-unsaturated/α-hetero) is 1. The molecule has 99 heavy (non-hydrogen) atoms. The predicted octanol–water partition coefficient (Wildman–Crippen LogP) is 10.7. The first-order valence-electron chi connectivity index (χ1n) is 35.9. The van der Waals surface area contributed by atoms with E-state index in [0.717, 1.165) is 162 Å². The van der Waals surface area contributed by atoms with Crippen molar-refractivity contribution in [1.29, 1.82) is 0 Å². The number of nitrogens with two attached hydrogens (primary N) is 2. The first kappa shape index (κ1) is 71.6. The highest BCUT2D eigenvalue weighted by molar-refractivity contribution is 5.97. The summed E-state index contributed by atoms with van der Waals surface area (Å²) < 4.78 is 26.4. The number of nitrogens with one attached hydrogen (secondary N) is 4. The van der Waals surface area contributed by atoms with Crippen LogP contribution in [0.15, 0.2) is 133 Å². The van der Waals surface area contributed by atoms with Crippen molar-refractivity contribution in [2.75, 3.05) is 32.8 Å². The summed E-state index contributed by atoms with van der Waals surface area (Å²) in [6.45, 7) is 6.47. The van der Waals surface area contributed by atoms with E-state index in [-0.39, 0.29) is 59.5 Å². The van der Waals surface area contributed by atoms with Gasteiger partial charge in [0.05, 0.1) is 29.8 Å². The maximum Gasteiger partial charge on any atom is 0.274 e. The predicted molar refractivity (Wildman–Crippen MR) is 368 cm³/mol. The molecule has 0 spiro atoms. The van der Waals surface area contributed by atoms with Gasteiger partial charge in [-0.3, -0.25) is 28.8 Å². The molecule has 3 aromatic carbocycles. The summed E-state index contributed by atoms with van der Waals surface area (Å²) in [5.74, 6) is 3.93. The van der Waals surface area contributed by atoms with Gasteiger partial charge in [0.15, 0.2) is 28.6 Å². The fraction of sp³-hybridized carbons (Fsp3) is 0.526. The molecule has 528 valence electrons. The lowest BCUT2D eigenvalue weighted by atomic mass is 9.79. The number of amides is 5. The van der Waals surface area contributed by atoms with E-state index in [0.29, 0.717) is 85.2 Å². The Bertz CT molecular complexity index is 3720. The molecule has 14 rings (SSSR count). The lowest BCUT2D eigenvalue weighted by molar-refractivity contribution is -0.134. The van der Waals surface area contributed by atoms with Crippen molar-refractivity contribution in [1.82, 2.24) is 46.8 Å². The third-order valence-corrected chi connectivity index (χ3v) is 20.2. The summed E-state index contributed by atoms with van der Waals surface area (Å²) in [5.41, 5.74) is 15.5. The van der Waals surface area contributed by atoms with Crippen molar-refractivity contribution in [3.63, 3.8) is 0 Å². The molecule has 9 N–H and O–H groups in total. The minimum absolute atomic E-state index is 0.0118. The topological polar surface area (TPSA) is 339 Å². The molecule has 2 aliphatic heterocycles. The Balaban J connectivity index is 0.000000136. The first-order chi connectivity index (χ1) is 48.1. The molecule has 7 aliphatic rings. The second kappa shape index (κ2) is 34.4. The van der Waals surface area contributed by atoms with E-state index in [2.05, 4.69) is 66.2 Å². The Hall–Kier alpha value is -8.64. The second-order valence-corrected chi connectivity index (χ2v) is 28.0. The molecular formula is C76H97N11O12. The van der Waals surface area contributed by atoms with Crippen molar-refractivity contribution in [2.45, 2.75) is 202 Å². The summed E-state index contributed by atoms with van der Waals surface area (Å²) in [7, 11) is 0. The van der Waals surface area contributed by atoms with E-state index in [9.17, 15) is 33.9 Å². The van der Waals surface area contributed by atoms with Crippen molar-refractivity contribution in [2.24, 2.45) is 29.2 Å². The van der Waals surface area contributed by atoms with Crippen molar-refractivity contribution in [3.05, 3.63) is 178 Å². The van der Waals surface area contributed by atoms with Crippen molar-refractivity contribution < 1.29 is 56.7 Å². The summed E-state index contributed by atoms with van der Waals surface area (Å²) in [5, 5.41) is 37.9. The van der Waals surface area contributed by atoms with Gasteiger partial charge in [0.25, 0.3) is 23.6 Å². The van der Waals surface area contributed by atoms with Crippen LogP contribution >= 0.6 is 0 Å². The molecule has 4 atom stereocenters. The van der Waals surface area contributed by atoms with Gasteiger partial charge in [-0.2, -0.15) is 0 Å². The van der Waals surface area contributed by atoms with Gasteiger partial charge in [-0.1, -0.05) is 138 Å². The van der Waals surface area contributed by atoms with E-state index in [1.54, 1.807) is 36.1 Å². The molecule has 23 heteroatoms. The zero-order chi connectivity index (χ0) is 69.3. The van der Waals surface area contributed by atoms with Gasteiger partial charge in [-0.15, -0.1) is 0 Å². The van der Waals surface area contributed by atoms with Crippen molar-refractivity contribution in [3.8, 4) is 0 Å². The summed E-state index contributed by atoms with van der Waals surface area (Å²) in [6.07, 6.45) is 19.5. The smallest absolute Gasteiger partial charge is 0.274 e. The fourth-order valence-electron chi connectivity index (χ4n) is 13.7. The number of ketones is 1. The monoisotopic (exact) mass is 1360 g/mol. The number of aryl methyl sites for hydroxylation is 1. The molecule has 6 heterocycles. The third-order valence-electron chi connectivity index (χ3n) is 20.2. The molecule has 2 saturated heterocycles. The van der Waals surface area contributed by atoms with E-state index in [1.165, 1.54) is 6.42 Å². The Labute approximate surface area is 578 Å². The summed E-state index contributed by atoms with van der Waals surface area (Å²) in [6, 6.07) is 35.7. The normalized spacial score (nSPS) is 20.5. The van der Waals surface area contributed by atoms with Crippen molar-refractivity contribution >= 4 is 35.3 Å². The van der Waals surface area contributed by atoms with Crippen LogP contribution in [-0.4, -0.2) is 123 Å². The molecule has 4 aromatic heterocycles. The molecule has 23 nitrogen and oxygen atoms in total. The number of carbonyl (C=O) groups excluding carboxylic acids is 6. The SMILES string of the molecule is CCc1cc(C(=O)NC(c2ccccc2)C2CCOCC2)no1.C[C@H](N)C(=O)N1CCC(C(NC(=O)c2cc(C3CC3)on2)C(=O)Cc2ccccc2)CC1.NC1CCC(C(NC(=O)c2cc(C3CC3)on2)c2ccccc2)CC1.O=C(NCC1(O)CCCCC1)c1cc(C2CC2)on1. The fourth-order valence-corrected chi connectivity index (χ4v) is 13.7. The van der Waals surface area contributed by atoms with Crippen LogP contribution in [-0.2, 0) is 27.2 Å². The number of carbonyl (C=O) groups is 6. The number of hydrogen-bond donors (Lipinski definition) is 7. The minimum Gasteiger partial charge on any atom is -0.388 e. The maximum atomic E-state index is 13.3. The van der Waals surface area contributed by atoms with E-state index < -0.39 is 23.6 Å². The Morgan fingerprint density at radius 3 is 1.45 bits per heavy atom. The standard InChI is InChI=1S/C24H30N4O4.C20H25N3O2.C18H22N2O3.C14H20N2O3/c1-15(25)24(31)28-11-9-18(10-12-28)22(20(29)13-16-5-3-2-4-6-16)26-23(30)19-14-21(32-27-19)17-7-8-17;21-16-10-8-15(9-11-16)19(14-4-2-1-3-5-14)22-20(24)17-12-18(25-23-17)13-6-7-13;1-2-15-12-16(20-23-15)18(21)19-17(13-6-4-3-5-7-13)14-8-10-22-11-9-14;17-13(11-8-12(19-16-11)10-4-5-10)15-9-14(18)6-2-1-3-7-14/h2-6,14-15,17-18,22H,7-13,25H2,1H3,(H,26,30);1-5,12-13,15-16,19H,6-11,21H2,(H,22,24);3-7,12,14,17H,2,8-11H2,1H3,(H,19,21);8,10,18H,1-7,9H2,(H,15,17)/t15-,22?;;;/m0.../s1. The average molecular weight is 1360 g/mol. The van der Waals surface area contributed by atoms with E-state index in [4.69, 9.17) is 34.3 Å². The Kier molecular flexibility index (Phi) is 24.9. The first-order valence-corrected chi connectivity index (χ1v) is 35.9. The summed E-state index contributed by atoms with van der Waals surface area (Å²) >= 11 is 0. The number of ether oxygens (including phenoxy) is 1. The van der Waals surface area contributed by atoms with Crippen LogP contribution in [0.3, 0.4) is 0 Å². The van der Waals surface area contributed by atoms with Gasteiger partial charge in [-0.05, 0) is 144 Å². The zero-order valence-corrected chi connectivity index (χ0v) is 57.0. The Morgan fingerprint density at radius 2 is 0.990 bits per heavy atom. The summed E-state index contributed by atoms with van der Waals surface area (Å²) in [4.78, 5) is 77.3. The molecule has 5 amide bonds. The number of aliphatic hydroxyl groups is 1. The third kappa shape index (κ3) is 20.5. The lowest BCUT2D eigenvalue weighted by Crippen LogP contribution is -2.52. The van der Waals surface area contributed by atoms with E-state index in [1.807, 2.05) is 73.7 Å². The van der Waals surface area contributed by atoms with Gasteiger partial charge in [0.1, 0.15) is 23.0 Å². The van der Waals surface area contributed by atoms with Gasteiger partial charge in [-0.25, -0.2) is 0 Å². The van der Waals surface area contributed by atoms with Crippen LogP contribution in [0.2, 0.25) is 0 Å². The molecule has 0 bridgehead atoms. The maximum absolute atomic E-state index is 13.3. The number of nitrogens with zero attached hydrogens (tertiary/aromatic N) is 5. The molecular weight excluding hydrogens is 1260 g/mol. The van der Waals surface area contributed by atoms with Crippen LogP contribution < -0.4 is 32.7 Å².